The molecule has 1 fully saturated rings. The molecule has 1 aromatic carbocycles. The summed E-state index contributed by atoms with van der Waals surface area (Å²) in [5, 5.41) is 39.3. The summed E-state index contributed by atoms with van der Waals surface area (Å²) < 4.78 is 5.60. The average Bonchev–Trinajstić information content (AvgIpc) is 2.61. The molecule has 0 radical (unpaired) electrons. The maximum absolute atomic E-state index is 10.2. The molecule has 1 aromatic heterocycles. The molecule has 2 heterocycles. The maximum atomic E-state index is 10.2. The lowest BCUT2D eigenvalue weighted by molar-refractivity contribution is -0.231. The predicted molar refractivity (Wildman–Crippen MR) is 86.2 cm³/mol. The van der Waals surface area contributed by atoms with Crippen molar-refractivity contribution in [1.82, 2.24) is 4.98 Å². The zero-order valence-electron chi connectivity index (χ0n) is 13.1. The summed E-state index contributed by atoms with van der Waals surface area (Å²) >= 11 is 0. The highest BCUT2D eigenvalue weighted by molar-refractivity contribution is 5.29. The Morgan fingerprint density at radius 3 is 2.50 bits per heavy atom. The van der Waals surface area contributed by atoms with Gasteiger partial charge in [0.1, 0.15) is 30.5 Å². The highest BCUT2D eigenvalue weighted by Crippen LogP contribution is 2.32. The van der Waals surface area contributed by atoms with Gasteiger partial charge in [-0.15, -0.1) is 0 Å². The quantitative estimate of drug-likeness (QED) is 0.638. The maximum Gasteiger partial charge on any atom is 0.113 e. The zero-order valence-corrected chi connectivity index (χ0v) is 13.1. The van der Waals surface area contributed by atoms with Gasteiger partial charge in [-0.3, -0.25) is 4.98 Å². The molecule has 24 heavy (non-hydrogen) atoms. The predicted octanol–water partition coefficient (Wildman–Crippen LogP) is 0.187. The second-order valence-corrected chi connectivity index (χ2v) is 5.99. The molecular formula is C18H21NO5. The van der Waals surface area contributed by atoms with E-state index in [9.17, 15) is 20.4 Å². The molecule has 0 saturated carbocycles. The summed E-state index contributed by atoms with van der Waals surface area (Å²) in [6.45, 7) is -0.435. The van der Waals surface area contributed by atoms with Crippen molar-refractivity contribution in [2.75, 3.05) is 6.61 Å². The third-order valence-electron chi connectivity index (χ3n) is 4.28. The second-order valence-electron chi connectivity index (χ2n) is 5.99. The number of ether oxygens (including phenoxy) is 1. The van der Waals surface area contributed by atoms with Gasteiger partial charge < -0.3 is 25.2 Å². The van der Waals surface area contributed by atoms with E-state index in [4.69, 9.17) is 4.74 Å². The number of hydrogen-bond donors (Lipinski definition) is 4. The Kier molecular flexibility index (Phi) is 5.23. The van der Waals surface area contributed by atoms with Crippen molar-refractivity contribution in [2.24, 2.45) is 0 Å². The normalized spacial score (nSPS) is 30.2. The molecule has 1 aliphatic rings. The van der Waals surface area contributed by atoms with E-state index in [0.29, 0.717) is 12.0 Å². The van der Waals surface area contributed by atoms with E-state index < -0.39 is 37.1 Å². The monoisotopic (exact) mass is 331 g/mol. The van der Waals surface area contributed by atoms with E-state index in [1.54, 1.807) is 12.3 Å². The second kappa shape index (κ2) is 7.38. The summed E-state index contributed by atoms with van der Waals surface area (Å²) in [6.07, 6.45) is -3.36. The minimum atomic E-state index is -1.37. The summed E-state index contributed by atoms with van der Waals surface area (Å²) in [7, 11) is 0. The van der Waals surface area contributed by atoms with Crippen LogP contribution in [0.1, 0.15) is 22.9 Å². The molecule has 0 spiro atoms. The van der Waals surface area contributed by atoms with Crippen LogP contribution in [-0.2, 0) is 11.2 Å². The van der Waals surface area contributed by atoms with Crippen molar-refractivity contribution < 1.29 is 25.2 Å². The number of aliphatic hydroxyl groups excluding tert-OH is 4. The van der Waals surface area contributed by atoms with Gasteiger partial charge in [0.2, 0.25) is 0 Å². The largest absolute Gasteiger partial charge is 0.394 e. The van der Waals surface area contributed by atoms with Gasteiger partial charge in [-0.25, -0.2) is 0 Å². The van der Waals surface area contributed by atoms with E-state index in [1.165, 1.54) is 0 Å². The van der Waals surface area contributed by atoms with Crippen LogP contribution in [0.4, 0.5) is 0 Å². The van der Waals surface area contributed by atoms with E-state index in [0.717, 1.165) is 11.3 Å². The Morgan fingerprint density at radius 2 is 1.79 bits per heavy atom. The van der Waals surface area contributed by atoms with Gasteiger partial charge in [0.05, 0.1) is 6.61 Å². The molecule has 0 aliphatic carbocycles. The lowest BCUT2D eigenvalue weighted by Gasteiger charge is -2.40. The van der Waals surface area contributed by atoms with Crippen LogP contribution in [0, 0.1) is 0 Å². The van der Waals surface area contributed by atoms with Crippen LogP contribution >= 0.6 is 0 Å². The molecule has 6 nitrogen and oxygen atoms in total. The zero-order chi connectivity index (χ0) is 17.1. The number of pyridine rings is 1. The lowest BCUT2D eigenvalue weighted by Crippen LogP contribution is -2.55. The summed E-state index contributed by atoms with van der Waals surface area (Å²) in [5.74, 6) is 0. The molecule has 6 heteroatoms. The average molecular weight is 331 g/mol. The summed E-state index contributed by atoms with van der Waals surface area (Å²) in [6, 6.07) is 13.2. The Bertz CT molecular complexity index is 663. The summed E-state index contributed by atoms with van der Waals surface area (Å²) in [5.41, 5.74) is 2.59. The number of rotatable bonds is 4. The SMILES string of the molecule is OC[C@H]1O[C@@H](c2cccc(Cc3ccccn3)c2)[C@H](O)[C@@H](O)[C@@H]1O. The van der Waals surface area contributed by atoms with Crippen LogP contribution in [0.5, 0.6) is 0 Å². The molecule has 2 aromatic rings. The Balaban J connectivity index is 1.82. The molecule has 0 amide bonds. The fraction of sp³-hybridized carbons (Fsp3) is 0.389. The van der Waals surface area contributed by atoms with Gasteiger partial charge in [0.15, 0.2) is 0 Å². The van der Waals surface area contributed by atoms with Crippen LogP contribution in [0.2, 0.25) is 0 Å². The number of aliphatic hydroxyl groups is 4. The number of benzene rings is 1. The van der Waals surface area contributed by atoms with Crippen molar-refractivity contribution >= 4 is 0 Å². The van der Waals surface area contributed by atoms with Crippen molar-refractivity contribution in [3.05, 3.63) is 65.5 Å². The van der Waals surface area contributed by atoms with Gasteiger partial charge in [0.25, 0.3) is 0 Å². The lowest BCUT2D eigenvalue weighted by atomic mass is 9.90. The highest BCUT2D eigenvalue weighted by atomic mass is 16.5. The topological polar surface area (TPSA) is 103 Å². The van der Waals surface area contributed by atoms with Crippen molar-refractivity contribution in [2.45, 2.75) is 36.9 Å². The molecule has 5 atom stereocenters. The fourth-order valence-electron chi connectivity index (χ4n) is 2.97. The Morgan fingerprint density at radius 1 is 0.958 bits per heavy atom. The molecule has 4 N–H and O–H groups in total. The first-order valence-electron chi connectivity index (χ1n) is 7.89. The first kappa shape index (κ1) is 17.0. The van der Waals surface area contributed by atoms with Crippen LogP contribution in [0.3, 0.4) is 0 Å². The molecule has 0 unspecified atom stereocenters. The van der Waals surface area contributed by atoms with Gasteiger partial charge in [0, 0.05) is 18.3 Å². The number of nitrogens with zero attached hydrogens (tertiary/aromatic N) is 1. The van der Waals surface area contributed by atoms with E-state index >= 15 is 0 Å². The van der Waals surface area contributed by atoms with E-state index in [-0.39, 0.29) is 0 Å². The molecule has 3 rings (SSSR count). The van der Waals surface area contributed by atoms with Crippen LogP contribution in [-0.4, -0.2) is 56.4 Å². The van der Waals surface area contributed by atoms with Crippen LogP contribution in [0.25, 0.3) is 0 Å². The van der Waals surface area contributed by atoms with Crippen molar-refractivity contribution in [1.29, 1.82) is 0 Å². The van der Waals surface area contributed by atoms with Gasteiger partial charge in [-0.1, -0.05) is 30.3 Å². The minimum absolute atomic E-state index is 0.435. The standard InChI is InChI=1S/C18H21NO5/c20-10-14-15(21)16(22)17(23)18(24-14)12-5-3-4-11(8-12)9-13-6-1-2-7-19-13/h1-8,14-18,20-23H,9-10H2/t14-,15-,16+,17-,18+/m1/s1. The first-order chi connectivity index (χ1) is 11.6. The molecular weight excluding hydrogens is 310 g/mol. The molecule has 1 aliphatic heterocycles. The Hall–Kier alpha value is -1.83. The Labute approximate surface area is 140 Å². The highest BCUT2D eigenvalue weighted by Gasteiger charge is 2.43. The van der Waals surface area contributed by atoms with Crippen molar-refractivity contribution in [3.8, 4) is 0 Å². The molecule has 1 saturated heterocycles. The minimum Gasteiger partial charge on any atom is -0.394 e. The third-order valence-corrected chi connectivity index (χ3v) is 4.28. The summed E-state index contributed by atoms with van der Waals surface area (Å²) in [4.78, 5) is 4.29. The number of aromatic nitrogens is 1. The first-order valence-corrected chi connectivity index (χ1v) is 7.89. The smallest absolute Gasteiger partial charge is 0.113 e. The van der Waals surface area contributed by atoms with Gasteiger partial charge in [-0.2, -0.15) is 0 Å². The van der Waals surface area contributed by atoms with Gasteiger partial charge in [-0.05, 0) is 23.3 Å². The van der Waals surface area contributed by atoms with Crippen LogP contribution < -0.4 is 0 Å². The van der Waals surface area contributed by atoms with E-state index in [2.05, 4.69) is 4.98 Å². The molecule has 128 valence electrons. The van der Waals surface area contributed by atoms with Gasteiger partial charge >= 0.3 is 0 Å². The molecule has 0 bridgehead atoms. The number of hydrogen-bond acceptors (Lipinski definition) is 6. The van der Waals surface area contributed by atoms with Crippen LogP contribution in [0.15, 0.2) is 48.7 Å². The van der Waals surface area contributed by atoms with Crippen molar-refractivity contribution in [3.63, 3.8) is 0 Å². The van der Waals surface area contributed by atoms with E-state index in [1.807, 2.05) is 36.4 Å². The third kappa shape index (κ3) is 3.48. The fourth-order valence-corrected chi connectivity index (χ4v) is 2.97.